The summed E-state index contributed by atoms with van der Waals surface area (Å²) >= 11 is 0. The zero-order valence-electron chi connectivity index (χ0n) is 10.5. The van der Waals surface area contributed by atoms with Gasteiger partial charge in [-0.1, -0.05) is 0 Å². The van der Waals surface area contributed by atoms with Gasteiger partial charge in [-0.2, -0.15) is 15.8 Å². The van der Waals surface area contributed by atoms with Crippen LogP contribution in [0.1, 0.15) is 0 Å². The first kappa shape index (κ1) is 14.4. The lowest BCUT2D eigenvalue weighted by atomic mass is 10.4. The molecule has 0 atom stereocenters. The first-order valence-corrected chi connectivity index (χ1v) is 6.08. The van der Waals surface area contributed by atoms with Crippen molar-refractivity contribution in [1.29, 1.82) is 15.8 Å². The van der Waals surface area contributed by atoms with Crippen LogP contribution in [0.25, 0.3) is 0 Å². The van der Waals surface area contributed by atoms with Crippen LogP contribution in [0.3, 0.4) is 0 Å². The molecule has 18 heavy (non-hydrogen) atoms. The summed E-state index contributed by atoms with van der Waals surface area (Å²) in [5.41, 5.74) is 0. The van der Waals surface area contributed by atoms with Gasteiger partial charge in [-0.3, -0.25) is 14.7 Å². The number of hydrogen-bond donors (Lipinski definition) is 0. The van der Waals surface area contributed by atoms with Gasteiger partial charge in [0.1, 0.15) is 0 Å². The van der Waals surface area contributed by atoms with Crippen LogP contribution >= 0.6 is 0 Å². The molecule has 96 valence electrons. The average Bonchev–Trinajstić information content (AvgIpc) is 2.45. The smallest absolute Gasteiger partial charge is 0.0866 e. The number of hydrogen-bond acceptors (Lipinski definition) is 6. The van der Waals surface area contributed by atoms with E-state index in [1.165, 1.54) is 0 Å². The van der Waals surface area contributed by atoms with Gasteiger partial charge in [-0.25, -0.2) is 0 Å². The highest BCUT2D eigenvalue weighted by Crippen LogP contribution is 1.99. The Labute approximate surface area is 108 Å². The molecular weight excluding hydrogens is 228 g/mol. The van der Waals surface area contributed by atoms with E-state index in [-0.39, 0.29) is 0 Å². The summed E-state index contributed by atoms with van der Waals surface area (Å²) in [5, 5.41) is 26.3. The second-order valence-electron chi connectivity index (χ2n) is 4.30. The summed E-state index contributed by atoms with van der Waals surface area (Å²) in [6.45, 7) is 6.02. The molecule has 1 heterocycles. The van der Waals surface area contributed by atoms with E-state index in [1.807, 2.05) is 0 Å². The topological polar surface area (TPSA) is 81.1 Å². The maximum atomic E-state index is 8.77. The van der Waals surface area contributed by atoms with Gasteiger partial charge in [-0.15, -0.1) is 0 Å². The van der Waals surface area contributed by atoms with Gasteiger partial charge in [0.15, 0.2) is 0 Å². The van der Waals surface area contributed by atoms with Crippen molar-refractivity contribution in [2.75, 3.05) is 58.9 Å². The van der Waals surface area contributed by atoms with Crippen molar-refractivity contribution in [2.24, 2.45) is 0 Å². The van der Waals surface area contributed by atoms with Gasteiger partial charge in [0.25, 0.3) is 0 Å². The van der Waals surface area contributed by atoms with Crippen molar-refractivity contribution in [2.45, 2.75) is 0 Å². The Morgan fingerprint density at radius 2 is 0.778 bits per heavy atom. The van der Waals surface area contributed by atoms with Gasteiger partial charge in [0.2, 0.25) is 0 Å². The first-order chi connectivity index (χ1) is 8.80. The third kappa shape index (κ3) is 5.12. The normalized spacial score (nSPS) is 19.8. The molecule has 0 bridgehead atoms. The molecule has 0 aromatic heterocycles. The second kappa shape index (κ2) is 8.44. The maximum Gasteiger partial charge on any atom is 0.0866 e. The van der Waals surface area contributed by atoms with Crippen molar-refractivity contribution in [1.82, 2.24) is 14.7 Å². The fraction of sp³-hybridized carbons (Fsp3) is 0.750. The predicted octanol–water partition coefficient (Wildman–Crippen LogP) is -0.523. The van der Waals surface area contributed by atoms with E-state index in [1.54, 1.807) is 0 Å². The minimum absolute atomic E-state index is 0.404. The predicted molar refractivity (Wildman–Crippen MR) is 66.2 cm³/mol. The molecule has 1 aliphatic rings. The van der Waals surface area contributed by atoms with Gasteiger partial charge in [0, 0.05) is 39.3 Å². The summed E-state index contributed by atoms with van der Waals surface area (Å²) in [6.07, 6.45) is 0. The summed E-state index contributed by atoms with van der Waals surface area (Å²) in [4.78, 5) is 6.21. The van der Waals surface area contributed by atoms with Crippen molar-refractivity contribution in [3.8, 4) is 18.2 Å². The summed E-state index contributed by atoms with van der Waals surface area (Å²) in [5.74, 6) is 0. The molecule has 0 amide bonds. The van der Waals surface area contributed by atoms with Crippen LogP contribution in [0.15, 0.2) is 0 Å². The van der Waals surface area contributed by atoms with Crippen LogP contribution in [0.5, 0.6) is 0 Å². The van der Waals surface area contributed by atoms with E-state index < -0.39 is 0 Å². The second-order valence-corrected chi connectivity index (χ2v) is 4.30. The Kier molecular flexibility index (Phi) is 6.76. The van der Waals surface area contributed by atoms with Crippen LogP contribution in [-0.4, -0.2) is 73.6 Å². The first-order valence-electron chi connectivity index (χ1n) is 6.08. The molecule has 1 fully saturated rings. The third-order valence-electron chi connectivity index (χ3n) is 3.08. The van der Waals surface area contributed by atoms with Crippen molar-refractivity contribution >= 4 is 0 Å². The molecule has 0 saturated carbocycles. The number of rotatable bonds is 3. The Balaban J connectivity index is 2.60. The Morgan fingerprint density at radius 1 is 0.556 bits per heavy atom. The van der Waals surface area contributed by atoms with Crippen LogP contribution in [-0.2, 0) is 0 Å². The standard InChI is InChI=1S/C12H18N6/c13-1-4-16-7-9-17(5-2-14)11-12-18(6-3-15)10-8-16/h4-12H2. The molecular formula is C12H18N6. The number of nitriles is 3. The van der Waals surface area contributed by atoms with Crippen molar-refractivity contribution in [3.63, 3.8) is 0 Å². The van der Waals surface area contributed by atoms with Crippen molar-refractivity contribution in [3.05, 3.63) is 0 Å². The molecule has 0 aromatic rings. The molecule has 0 N–H and O–H groups in total. The molecule has 1 aliphatic heterocycles. The van der Waals surface area contributed by atoms with E-state index in [9.17, 15) is 0 Å². The maximum absolute atomic E-state index is 8.77. The molecule has 0 unspecified atom stereocenters. The fourth-order valence-corrected chi connectivity index (χ4v) is 1.96. The molecule has 0 aliphatic carbocycles. The lowest BCUT2D eigenvalue weighted by Gasteiger charge is -2.21. The Bertz CT molecular complexity index is 291. The van der Waals surface area contributed by atoms with Gasteiger partial charge in [-0.05, 0) is 0 Å². The molecule has 1 rings (SSSR count). The van der Waals surface area contributed by atoms with Gasteiger partial charge in [0.05, 0.1) is 37.8 Å². The van der Waals surface area contributed by atoms with E-state index in [0.717, 1.165) is 39.3 Å². The largest absolute Gasteiger partial charge is 0.288 e. The molecule has 1 saturated heterocycles. The highest BCUT2D eigenvalue weighted by molar-refractivity contribution is 4.84. The van der Waals surface area contributed by atoms with E-state index in [4.69, 9.17) is 15.8 Å². The summed E-state index contributed by atoms with van der Waals surface area (Å²) < 4.78 is 0. The molecule has 6 heteroatoms. The summed E-state index contributed by atoms with van der Waals surface area (Å²) in [6, 6.07) is 6.48. The van der Waals surface area contributed by atoms with Crippen LogP contribution in [0.2, 0.25) is 0 Å². The van der Waals surface area contributed by atoms with Gasteiger partial charge < -0.3 is 0 Å². The zero-order chi connectivity index (χ0) is 13.2. The molecule has 0 radical (unpaired) electrons. The fourth-order valence-electron chi connectivity index (χ4n) is 1.96. The molecule has 0 aromatic carbocycles. The molecule has 6 nitrogen and oxygen atoms in total. The third-order valence-corrected chi connectivity index (χ3v) is 3.08. The van der Waals surface area contributed by atoms with E-state index in [0.29, 0.717) is 19.6 Å². The minimum atomic E-state index is 0.404. The van der Waals surface area contributed by atoms with Crippen molar-refractivity contribution < 1.29 is 0 Å². The van der Waals surface area contributed by atoms with Crippen LogP contribution < -0.4 is 0 Å². The Hall–Kier alpha value is -1.65. The summed E-state index contributed by atoms with van der Waals surface area (Å²) in [7, 11) is 0. The number of nitrogens with zero attached hydrogens (tertiary/aromatic N) is 6. The van der Waals surface area contributed by atoms with Crippen LogP contribution in [0, 0.1) is 34.0 Å². The molecule has 0 spiro atoms. The highest BCUT2D eigenvalue weighted by Gasteiger charge is 2.15. The SMILES string of the molecule is N#CCN1CCN(CC#N)CCN(CC#N)CC1. The lowest BCUT2D eigenvalue weighted by Crippen LogP contribution is -2.36. The van der Waals surface area contributed by atoms with Crippen LogP contribution in [0.4, 0.5) is 0 Å². The lowest BCUT2D eigenvalue weighted by molar-refractivity contribution is 0.249. The average molecular weight is 246 g/mol. The minimum Gasteiger partial charge on any atom is -0.288 e. The van der Waals surface area contributed by atoms with E-state index in [2.05, 4.69) is 32.9 Å². The van der Waals surface area contributed by atoms with E-state index >= 15 is 0 Å². The Morgan fingerprint density at radius 3 is 0.944 bits per heavy atom. The monoisotopic (exact) mass is 246 g/mol. The zero-order valence-corrected chi connectivity index (χ0v) is 10.5. The van der Waals surface area contributed by atoms with Gasteiger partial charge >= 0.3 is 0 Å². The quantitative estimate of drug-likeness (QED) is 0.623. The highest BCUT2D eigenvalue weighted by atomic mass is 15.3.